The van der Waals surface area contributed by atoms with Crippen molar-refractivity contribution in [3.8, 4) is 22.6 Å². The highest BCUT2D eigenvalue weighted by Crippen LogP contribution is 2.37. The summed E-state index contributed by atoms with van der Waals surface area (Å²) in [4.78, 5) is 12.9. The first-order chi connectivity index (χ1) is 14.7. The minimum atomic E-state index is 0.0711. The normalized spacial score (nSPS) is 11.8. The fourth-order valence-electron chi connectivity index (χ4n) is 3.83. The fraction of sp³-hybridized carbons (Fsp3) is 0.125. The van der Waals surface area contributed by atoms with Crippen LogP contribution < -0.4 is 4.74 Å². The van der Waals surface area contributed by atoms with Crippen LogP contribution in [0.15, 0.2) is 78.2 Å². The third-order valence-electron chi connectivity index (χ3n) is 5.31. The Balaban J connectivity index is 1.36. The van der Waals surface area contributed by atoms with E-state index in [4.69, 9.17) is 4.74 Å². The molecule has 0 atom stereocenters. The molecule has 148 valence electrons. The Morgan fingerprint density at radius 2 is 1.83 bits per heavy atom. The fourth-order valence-corrected chi connectivity index (χ4v) is 4.64. The summed E-state index contributed by atoms with van der Waals surface area (Å²) >= 11 is 1.37. The van der Waals surface area contributed by atoms with Crippen LogP contribution in [0.1, 0.15) is 21.5 Å². The van der Waals surface area contributed by atoms with Crippen LogP contribution in [0, 0.1) is 0 Å². The summed E-state index contributed by atoms with van der Waals surface area (Å²) < 4.78 is 7.28. The number of rotatable bonds is 6. The number of carbonyl (C=O) groups excluding carboxylic acids is 1. The monoisotopic (exact) mass is 413 g/mol. The van der Waals surface area contributed by atoms with Gasteiger partial charge in [-0.3, -0.25) is 9.36 Å². The van der Waals surface area contributed by atoms with Crippen LogP contribution in [0.3, 0.4) is 0 Å². The second kappa shape index (κ2) is 7.80. The molecule has 0 spiro atoms. The predicted molar refractivity (Wildman–Crippen MR) is 118 cm³/mol. The van der Waals surface area contributed by atoms with Crippen LogP contribution >= 0.6 is 11.8 Å². The number of thioether (sulfide) groups is 1. The topological polar surface area (TPSA) is 57.0 Å². The maximum atomic E-state index is 12.9. The number of benzene rings is 3. The van der Waals surface area contributed by atoms with Crippen molar-refractivity contribution < 1.29 is 9.53 Å². The van der Waals surface area contributed by atoms with Gasteiger partial charge in [-0.25, -0.2) is 0 Å². The van der Waals surface area contributed by atoms with Crippen LogP contribution in [0.5, 0.6) is 5.75 Å². The zero-order valence-electron chi connectivity index (χ0n) is 16.4. The molecule has 1 aliphatic carbocycles. The lowest BCUT2D eigenvalue weighted by atomic mass is 10.0. The number of fused-ring (bicyclic) bond motifs is 3. The average molecular weight is 414 g/mol. The molecule has 6 heteroatoms. The zero-order valence-corrected chi connectivity index (χ0v) is 17.2. The number of para-hydroxylation sites is 2. The van der Waals surface area contributed by atoms with Gasteiger partial charge in [0.05, 0.1) is 18.6 Å². The average Bonchev–Trinajstić information content (AvgIpc) is 3.41. The van der Waals surface area contributed by atoms with Gasteiger partial charge in [-0.1, -0.05) is 60.3 Å². The Morgan fingerprint density at radius 1 is 1.03 bits per heavy atom. The maximum Gasteiger partial charge on any atom is 0.196 e. The largest absolute Gasteiger partial charge is 0.495 e. The van der Waals surface area contributed by atoms with Gasteiger partial charge in [-0.2, -0.15) is 0 Å². The molecule has 0 saturated heterocycles. The predicted octanol–water partition coefficient (Wildman–Crippen LogP) is 4.82. The van der Waals surface area contributed by atoms with Crippen molar-refractivity contribution in [1.82, 2.24) is 14.8 Å². The second-order valence-corrected chi connectivity index (χ2v) is 8.02. The molecule has 5 rings (SSSR count). The Hall–Kier alpha value is -3.38. The van der Waals surface area contributed by atoms with Gasteiger partial charge in [0.1, 0.15) is 12.1 Å². The Labute approximate surface area is 178 Å². The molecule has 1 aromatic heterocycles. The molecule has 0 bridgehead atoms. The van der Waals surface area contributed by atoms with Crippen molar-refractivity contribution in [3.05, 3.63) is 89.7 Å². The van der Waals surface area contributed by atoms with Gasteiger partial charge in [0, 0.05) is 5.56 Å². The lowest BCUT2D eigenvalue weighted by Gasteiger charge is -2.10. The van der Waals surface area contributed by atoms with E-state index < -0.39 is 0 Å². The summed E-state index contributed by atoms with van der Waals surface area (Å²) in [6.45, 7) is 0. The molecule has 30 heavy (non-hydrogen) atoms. The summed E-state index contributed by atoms with van der Waals surface area (Å²) in [6, 6.07) is 22.1. The zero-order chi connectivity index (χ0) is 20.5. The van der Waals surface area contributed by atoms with E-state index in [0.29, 0.717) is 5.16 Å². The molecule has 0 amide bonds. The first kappa shape index (κ1) is 18.6. The SMILES string of the molecule is COc1ccccc1-n1cnnc1SCC(=O)c1ccc2c(c1)-c1ccccc1C2. The van der Waals surface area contributed by atoms with E-state index >= 15 is 0 Å². The van der Waals surface area contributed by atoms with E-state index in [1.165, 1.54) is 34.0 Å². The van der Waals surface area contributed by atoms with Gasteiger partial charge >= 0.3 is 0 Å². The molecule has 0 unspecified atom stereocenters. The van der Waals surface area contributed by atoms with Crippen LogP contribution in [0.2, 0.25) is 0 Å². The van der Waals surface area contributed by atoms with Crippen molar-refractivity contribution in [3.63, 3.8) is 0 Å². The van der Waals surface area contributed by atoms with Crippen molar-refractivity contribution >= 4 is 17.5 Å². The number of ether oxygens (including phenoxy) is 1. The van der Waals surface area contributed by atoms with Gasteiger partial charge in [0.15, 0.2) is 10.9 Å². The van der Waals surface area contributed by atoms with Crippen LogP contribution in [0.4, 0.5) is 0 Å². The summed E-state index contributed by atoms with van der Waals surface area (Å²) in [5, 5.41) is 8.86. The number of carbonyl (C=O) groups is 1. The molecule has 0 N–H and O–H groups in total. The molecular formula is C24H19N3O2S. The highest BCUT2D eigenvalue weighted by atomic mass is 32.2. The number of hydrogen-bond acceptors (Lipinski definition) is 5. The number of Topliss-reactive ketones (excluding diaryl/α,β-unsaturated/α-hetero) is 1. The molecule has 0 radical (unpaired) electrons. The second-order valence-electron chi connectivity index (χ2n) is 7.07. The molecule has 5 nitrogen and oxygen atoms in total. The third-order valence-corrected chi connectivity index (χ3v) is 6.26. The first-order valence-electron chi connectivity index (χ1n) is 9.65. The summed E-state index contributed by atoms with van der Waals surface area (Å²) in [6.07, 6.45) is 2.56. The maximum absolute atomic E-state index is 12.9. The lowest BCUT2D eigenvalue weighted by Crippen LogP contribution is -2.05. The van der Waals surface area contributed by atoms with Crippen molar-refractivity contribution in [2.24, 2.45) is 0 Å². The molecule has 0 saturated carbocycles. The molecule has 4 aromatic rings. The standard InChI is InChI=1S/C24H19N3O2S/c1-29-23-9-5-4-8-21(23)27-15-25-26-24(27)30-14-22(28)18-11-10-17-12-16-6-2-3-7-19(16)20(17)13-18/h2-11,13,15H,12,14H2,1H3. The van der Waals surface area contributed by atoms with E-state index in [2.05, 4.69) is 34.5 Å². The first-order valence-corrected chi connectivity index (χ1v) is 10.6. The number of ketones is 1. The van der Waals surface area contributed by atoms with Crippen LogP contribution in [-0.4, -0.2) is 33.4 Å². The van der Waals surface area contributed by atoms with Gasteiger partial charge < -0.3 is 4.74 Å². The Bertz CT molecular complexity index is 1250. The lowest BCUT2D eigenvalue weighted by molar-refractivity contribution is 0.102. The Morgan fingerprint density at radius 3 is 2.73 bits per heavy atom. The Kier molecular flexibility index (Phi) is 4.85. The summed E-state index contributed by atoms with van der Waals surface area (Å²) in [5.74, 6) is 1.08. The van der Waals surface area contributed by atoms with E-state index in [-0.39, 0.29) is 11.5 Å². The molecule has 1 aliphatic rings. The minimum Gasteiger partial charge on any atom is -0.495 e. The van der Waals surface area contributed by atoms with Gasteiger partial charge in [-0.05, 0) is 46.9 Å². The van der Waals surface area contributed by atoms with Crippen molar-refractivity contribution in [1.29, 1.82) is 0 Å². The van der Waals surface area contributed by atoms with E-state index in [9.17, 15) is 4.79 Å². The van der Waals surface area contributed by atoms with Crippen molar-refractivity contribution in [2.75, 3.05) is 12.9 Å². The molecule has 1 heterocycles. The molecule has 0 aliphatic heterocycles. The smallest absolute Gasteiger partial charge is 0.196 e. The van der Waals surface area contributed by atoms with Gasteiger partial charge in [0.2, 0.25) is 0 Å². The quantitative estimate of drug-likeness (QED) is 0.295. The number of nitrogens with zero attached hydrogens (tertiary/aromatic N) is 3. The van der Waals surface area contributed by atoms with Gasteiger partial charge in [0.25, 0.3) is 0 Å². The van der Waals surface area contributed by atoms with Crippen LogP contribution in [0.25, 0.3) is 16.8 Å². The highest BCUT2D eigenvalue weighted by molar-refractivity contribution is 7.99. The minimum absolute atomic E-state index is 0.0711. The molecular weight excluding hydrogens is 394 g/mol. The number of hydrogen-bond donors (Lipinski definition) is 0. The third kappa shape index (κ3) is 3.29. The van der Waals surface area contributed by atoms with E-state index in [1.807, 2.05) is 47.0 Å². The van der Waals surface area contributed by atoms with E-state index in [1.54, 1.807) is 13.4 Å². The highest BCUT2D eigenvalue weighted by Gasteiger charge is 2.20. The van der Waals surface area contributed by atoms with E-state index in [0.717, 1.165) is 23.4 Å². The van der Waals surface area contributed by atoms with Gasteiger partial charge in [-0.15, -0.1) is 10.2 Å². The number of aromatic nitrogens is 3. The van der Waals surface area contributed by atoms with Crippen molar-refractivity contribution in [2.45, 2.75) is 11.6 Å². The molecule has 3 aromatic carbocycles. The summed E-state index contributed by atoms with van der Waals surface area (Å²) in [7, 11) is 1.63. The molecule has 0 fully saturated rings. The van der Waals surface area contributed by atoms with Crippen LogP contribution in [-0.2, 0) is 6.42 Å². The summed E-state index contributed by atoms with van der Waals surface area (Å²) in [5.41, 5.74) is 6.55. The number of methoxy groups -OCH3 is 1.